The van der Waals surface area contributed by atoms with Gasteiger partial charge < -0.3 is 9.84 Å². The summed E-state index contributed by atoms with van der Waals surface area (Å²) in [5, 5.41) is 10.5. The smallest absolute Gasteiger partial charge is 0.0653 e. The predicted octanol–water partition coefficient (Wildman–Crippen LogP) is 3.28. The molecule has 2 atom stereocenters. The summed E-state index contributed by atoms with van der Waals surface area (Å²) in [6.07, 6.45) is 9.31. The number of rotatable bonds is 4. The van der Waals surface area contributed by atoms with Gasteiger partial charge in [-0.05, 0) is 56.8 Å². The largest absolute Gasteiger partial charge is 0.390 e. The minimum atomic E-state index is -0.373. The average molecular weight is 226 g/mol. The fraction of sp³-hybridized carbons (Fsp3) is 1.00. The minimum Gasteiger partial charge on any atom is -0.390 e. The summed E-state index contributed by atoms with van der Waals surface area (Å²) in [4.78, 5) is 0. The highest BCUT2D eigenvalue weighted by Gasteiger charge is 2.41. The van der Waals surface area contributed by atoms with Gasteiger partial charge in [0.05, 0.1) is 11.7 Å². The maximum atomic E-state index is 10.5. The zero-order chi connectivity index (χ0) is 11.6. The zero-order valence-corrected chi connectivity index (χ0v) is 10.8. The van der Waals surface area contributed by atoms with Gasteiger partial charge in [-0.2, -0.15) is 0 Å². The van der Waals surface area contributed by atoms with Crippen molar-refractivity contribution < 1.29 is 9.84 Å². The fourth-order valence-corrected chi connectivity index (χ4v) is 3.38. The second kappa shape index (κ2) is 4.66. The van der Waals surface area contributed by atoms with E-state index in [-0.39, 0.29) is 5.60 Å². The third-order valence-electron chi connectivity index (χ3n) is 4.27. The molecule has 2 aliphatic rings. The van der Waals surface area contributed by atoms with Crippen molar-refractivity contribution in [2.75, 3.05) is 6.61 Å². The van der Waals surface area contributed by atoms with Crippen LogP contribution in [0.15, 0.2) is 0 Å². The van der Waals surface area contributed by atoms with Crippen molar-refractivity contribution in [3.05, 3.63) is 0 Å². The quantitative estimate of drug-likeness (QED) is 0.797. The first-order valence-electron chi connectivity index (χ1n) is 6.83. The first kappa shape index (κ1) is 12.4. The average Bonchev–Trinajstić information content (AvgIpc) is 2.75. The van der Waals surface area contributed by atoms with Crippen LogP contribution in [0.2, 0.25) is 0 Å². The summed E-state index contributed by atoms with van der Waals surface area (Å²) in [5.74, 6) is 0. The number of ether oxygens (including phenoxy) is 1. The van der Waals surface area contributed by atoms with E-state index >= 15 is 0 Å². The molecular formula is C14H26O2. The molecule has 0 radical (unpaired) electrons. The van der Waals surface area contributed by atoms with Gasteiger partial charge in [0.1, 0.15) is 0 Å². The standard InChI is InChI=1S/C14H26O2/c1-13(2)8-9-14(15,11-13)7-3-5-12-6-4-10-16-12/h12,15H,3-11H2,1-2H3. The van der Waals surface area contributed by atoms with E-state index in [1.165, 1.54) is 19.3 Å². The summed E-state index contributed by atoms with van der Waals surface area (Å²) >= 11 is 0. The van der Waals surface area contributed by atoms with E-state index in [0.29, 0.717) is 11.5 Å². The van der Waals surface area contributed by atoms with Crippen LogP contribution in [0.25, 0.3) is 0 Å². The number of hydrogen-bond donors (Lipinski definition) is 1. The van der Waals surface area contributed by atoms with E-state index in [1.807, 2.05) is 0 Å². The Balaban J connectivity index is 1.69. The van der Waals surface area contributed by atoms with Gasteiger partial charge in [-0.1, -0.05) is 13.8 Å². The molecule has 1 aliphatic heterocycles. The molecule has 2 heteroatoms. The summed E-state index contributed by atoms with van der Waals surface area (Å²) in [7, 11) is 0. The van der Waals surface area contributed by atoms with Crippen LogP contribution >= 0.6 is 0 Å². The molecular weight excluding hydrogens is 200 g/mol. The fourth-order valence-electron chi connectivity index (χ4n) is 3.38. The third kappa shape index (κ3) is 3.21. The van der Waals surface area contributed by atoms with Crippen LogP contribution in [0.1, 0.15) is 65.2 Å². The maximum Gasteiger partial charge on any atom is 0.0653 e. The van der Waals surface area contributed by atoms with Crippen LogP contribution < -0.4 is 0 Å². The van der Waals surface area contributed by atoms with E-state index in [1.54, 1.807) is 0 Å². The molecule has 94 valence electrons. The van der Waals surface area contributed by atoms with E-state index in [2.05, 4.69) is 13.8 Å². The molecule has 0 aromatic rings. The molecule has 2 fully saturated rings. The van der Waals surface area contributed by atoms with Crippen LogP contribution in [-0.4, -0.2) is 23.4 Å². The Morgan fingerprint density at radius 2 is 2.12 bits per heavy atom. The Morgan fingerprint density at radius 1 is 1.31 bits per heavy atom. The van der Waals surface area contributed by atoms with Crippen molar-refractivity contribution in [1.82, 2.24) is 0 Å². The topological polar surface area (TPSA) is 29.5 Å². The van der Waals surface area contributed by atoms with Gasteiger partial charge in [-0.15, -0.1) is 0 Å². The Hall–Kier alpha value is -0.0800. The molecule has 1 saturated heterocycles. The highest BCUT2D eigenvalue weighted by atomic mass is 16.5. The third-order valence-corrected chi connectivity index (χ3v) is 4.27. The molecule has 2 nitrogen and oxygen atoms in total. The highest BCUT2D eigenvalue weighted by Crippen LogP contribution is 2.45. The van der Waals surface area contributed by atoms with E-state index < -0.39 is 0 Å². The zero-order valence-electron chi connectivity index (χ0n) is 10.8. The molecule has 0 amide bonds. The summed E-state index contributed by atoms with van der Waals surface area (Å²) in [6, 6.07) is 0. The second-order valence-electron chi connectivity index (χ2n) is 6.59. The van der Waals surface area contributed by atoms with Crippen LogP contribution in [0, 0.1) is 5.41 Å². The molecule has 1 aliphatic carbocycles. The van der Waals surface area contributed by atoms with Crippen LogP contribution in [0.4, 0.5) is 0 Å². The lowest BCUT2D eigenvalue weighted by molar-refractivity contribution is 0.0210. The molecule has 1 saturated carbocycles. The molecule has 1 heterocycles. The highest BCUT2D eigenvalue weighted by molar-refractivity contribution is 4.93. The summed E-state index contributed by atoms with van der Waals surface area (Å²) in [6.45, 7) is 5.48. The first-order chi connectivity index (χ1) is 7.49. The van der Waals surface area contributed by atoms with E-state index in [0.717, 1.165) is 38.7 Å². The van der Waals surface area contributed by atoms with Crippen molar-refractivity contribution in [2.24, 2.45) is 5.41 Å². The molecule has 2 unspecified atom stereocenters. The lowest BCUT2D eigenvalue weighted by atomic mass is 9.87. The second-order valence-corrected chi connectivity index (χ2v) is 6.59. The van der Waals surface area contributed by atoms with Crippen molar-refractivity contribution in [2.45, 2.75) is 76.9 Å². The minimum absolute atomic E-state index is 0.346. The van der Waals surface area contributed by atoms with E-state index in [9.17, 15) is 5.11 Å². The molecule has 1 N–H and O–H groups in total. The lowest BCUT2D eigenvalue weighted by Gasteiger charge is -2.25. The normalized spacial score (nSPS) is 38.1. The molecule has 0 bridgehead atoms. The molecule has 2 rings (SSSR count). The maximum absolute atomic E-state index is 10.5. The van der Waals surface area contributed by atoms with Crippen molar-refractivity contribution in [3.63, 3.8) is 0 Å². The predicted molar refractivity (Wildman–Crippen MR) is 65.4 cm³/mol. The molecule has 0 aromatic heterocycles. The van der Waals surface area contributed by atoms with Gasteiger partial charge in [0.2, 0.25) is 0 Å². The SMILES string of the molecule is CC1(C)CCC(O)(CCCC2CCCO2)C1. The van der Waals surface area contributed by atoms with Crippen LogP contribution in [0.5, 0.6) is 0 Å². The Labute approximate surface area is 99.4 Å². The number of hydrogen-bond acceptors (Lipinski definition) is 2. The van der Waals surface area contributed by atoms with Crippen molar-refractivity contribution in [3.8, 4) is 0 Å². The van der Waals surface area contributed by atoms with Gasteiger partial charge >= 0.3 is 0 Å². The molecule has 16 heavy (non-hydrogen) atoms. The van der Waals surface area contributed by atoms with Crippen LogP contribution in [-0.2, 0) is 4.74 Å². The Kier molecular flexibility index (Phi) is 3.60. The van der Waals surface area contributed by atoms with Gasteiger partial charge in [-0.25, -0.2) is 0 Å². The monoisotopic (exact) mass is 226 g/mol. The Bertz CT molecular complexity index is 231. The van der Waals surface area contributed by atoms with Gasteiger partial charge in [0.25, 0.3) is 0 Å². The van der Waals surface area contributed by atoms with E-state index in [4.69, 9.17) is 4.74 Å². The molecule has 0 spiro atoms. The summed E-state index contributed by atoms with van der Waals surface area (Å²) < 4.78 is 5.61. The lowest BCUT2D eigenvalue weighted by Crippen LogP contribution is -2.26. The molecule has 0 aromatic carbocycles. The van der Waals surface area contributed by atoms with Gasteiger partial charge in [0.15, 0.2) is 0 Å². The van der Waals surface area contributed by atoms with Crippen molar-refractivity contribution in [1.29, 1.82) is 0 Å². The van der Waals surface area contributed by atoms with Gasteiger partial charge in [-0.3, -0.25) is 0 Å². The summed E-state index contributed by atoms with van der Waals surface area (Å²) in [5.41, 5.74) is -0.0271. The Morgan fingerprint density at radius 3 is 2.69 bits per heavy atom. The van der Waals surface area contributed by atoms with Crippen molar-refractivity contribution >= 4 is 0 Å². The number of aliphatic hydroxyl groups is 1. The van der Waals surface area contributed by atoms with Crippen LogP contribution in [0.3, 0.4) is 0 Å². The first-order valence-corrected chi connectivity index (χ1v) is 6.83. The van der Waals surface area contributed by atoms with Gasteiger partial charge in [0, 0.05) is 6.61 Å².